The van der Waals surface area contributed by atoms with E-state index in [1.165, 1.54) is 0 Å². The van der Waals surface area contributed by atoms with Crippen LogP contribution < -0.4 is 15.0 Å². The molecule has 39 heavy (non-hydrogen) atoms. The van der Waals surface area contributed by atoms with E-state index in [1.54, 1.807) is 12.0 Å². The number of methoxy groups -OCH3 is 1. The summed E-state index contributed by atoms with van der Waals surface area (Å²) in [7, 11) is 1.64. The third kappa shape index (κ3) is 4.65. The van der Waals surface area contributed by atoms with Gasteiger partial charge < -0.3 is 19.5 Å². The maximum atomic E-state index is 14.3. The zero-order chi connectivity index (χ0) is 27.1. The van der Waals surface area contributed by atoms with Crippen molar-refractivity contribution in [3.8, 4) is 11.4 Å². The lowest BCUT2D eigenvalue weighted by molar-refractivity contribution is -0.119. The highest BCUT2D eigenvalue weighted by Gasteiger charge is 2.40. The van der Waals surface area contributed by atoms with Crippen LogP contribution in [0.1, 0.15) is 41.3 Å². The molecule has 1 aromatic heterocycles. The average Bonchev–Trinajstić information content (AvgIpc) is 3.67. The summed E-state index contributed by atoms with van der Waals surface area (Å²) >= 11 is 0. The third-order valence-corrected chi connectivity index (χ3v) is 7.60. The van der Waals surface area contributed by atoms with E-state index in [-0.39, 0.29) is 30.6 Å². The van der Waals surface area contributed by atoms with E-state index in [4.69, 9.17) is 4.74 Å². The maximum absolute atomic E-state index is 14.3. The van der Waals surface area contributed by atoms with Gasteiger partial charge >= 0.3 is 6.03 Å². The Balaban J connectivity index is 1.35. The topological polar surface area (TPSA) is 66.8 Å². The van der Waals surface area contributed by atoms with Gasteiger partial charge in [-0.25, -0.2) is 4.79 Å². The second kappa shape index (κ2) is 9.98. The number of aryl methyl sites for hydroxylation is 2. The van der Waals surface area contributed by atoms with Crippen LogP contribution in [0.15, 0.2) is 85.1 Å². The van der Waals surface area contributed by atoms with Crippen LogP contribution in [0.3, 0.4) is 0 Å². The van der Waals surface area contributed by atoms with Crippen molar-refractivity contribution in [3.63, 3.8) is 0 Å². The largest absolute Gasteiger partial charge is 0.497 e. The Morgan fingerprint density at radius 2 is 1.69 bits per heavy atom. The van der Waals surface area contributed by atoms with Gasteiger partial charge in [0.15, 0.2) is 0 Å². The van der Waals surface area contributed by atoms with E-state index in [9.17, 15) is 9.59 Å². The number of carbonyl (C=O) groups is 2. The van der Waals surface area contributed by atoms with Crippen molar-refractivity contribution >= 4 is 23.3 Å². The number of fused-ring (bicyclic) bond motifs is 3. The molecular weight excluding hydrogens is 488 g/mol. The van der Waals surface area contributed by atoms with Gasteiger partial charge in [-0.2, -0.15) is 0 Å². The highest BCUT2D eigenvalue weighted by atomic mass is 16.5. The Hall–Kier alpha value is -4.52. The molecule has 1 aliphatic heterocycles. The fourth-order valence-corrected chi connectivity index (χ4v) is 5.48. The summed E-state index contributed by atoms with van der Waals surface area (Å²) in [5.41, 5.74) is 6.61. The molecule has 1 saturated carbocycles. The standard InChI is InChI=1S/C32H32N4O3/c1-21-10-17-26(22(2)19-21)33-32(38)35(24-13-14-24)20-30(37)36-28-8-5-4-7-27(28)34-18-6-9-29(34)31(36)23-11-15-25(39-3)16-12-23/h4-12,15-19,24,31H,13-14,20H2,1-3H3,(H,33,38). The number of hydrogen-bond donors (Lipinski definition) is 1. The van der Waals surface area contributed by atoms with Gasteiger partial charge in [0.25, 0.3) is 0 Å². The number of nitrogens with zero attached hydrogens (tertiary/aromatic N) is 3. The molecule has 0 bridgehead atoms. The number of benzene rings is 3. The second-order valence-corrected chi connectivity index (χ2v) is 10.3. The quantitative estimate of drug-likeness (QED) is 0.328. The molecule has 7 heteroatoms. The number of para-hydroxylation sites is 2. The zero-order valence-corrected chi connectivity index (χ0v) is 22.4. The molecule has 6 rings (SSSR count). The summed E-state index contributed by atoms with van der Waals surface area (Å²) in [5.74, 6) is 0.629. The maximum Gasteiger partial charge on any atom is 0.322 e. The lowest BCUT2D eigenvalue weighted by Crippen LogP contribution is -2.48. The highest BCUT2D eigenvalue weighted by Crippen LogP contribution is 2.43. The Bertz CT molecular complexity index is 1540. The fourth-order valence-electron chi connectivity index (χ4n) is 5.48. The summed E-state index contributed by atoms with van der Waals surface area (Å²) in [4.78, 5) is 31.3. The van der Waals surface area contributed by atoms with Gasteiger partial charge in [0.2, 0.25) is 5.91 Å². The lowest BCUT2D eigenvalue weighted by atomic mass is 9.97. The van der Waals surface area contributed by atoms with Crippen molar-refractivity contribution in [2.24, 2.45) is 0 Å². The van der Waals surface area contributed by atoms with Crippen molar-refractivity contribution in [2.45, 2.75) is 38.8 Å². The average molecular weight is 521 g/mol. The van der Waals surface area contributed by atoms with Gasteiger partial charge in [-0.1, -0.05) is 42.0 Å². The summed E-state index contributed by atoms with van der Waals surface area (Å²) in [6.07, 6.45) is 3.82. The SMILES string of the molecule is COc1ccc(C2c3cccn3-c3ccccc3N2C(=O)CN(C(=O)Nc2ccc(C)cc2C)C2CC2)cc1. The minimum Gasteiger partial charge on any atom is -0.497 e. The van der Waals surface area contributed by atoms with Crippen molar-refractivity contribution in [2.75, 3.05) is 23.9 Å². The molecule has 1 N–H and O–H groups in total. The number of nitrogens with one attached hydrogen (secondary N) is 1. The molecule has 1 aliphatic carbocycles. The molecule has 0 radical (unpaired) electrons. The molecule has 1 atom stereocenters. The number of anilines is 2. The molecule has 2 heterocycles. The number of hydrogen-bond acceptors (Lipinski definition) is 3. The number of amides is 3. The van der Waals surface area contributed by atoms with Gasteiger partial charge in [-0.3, -0.25) is 9.69 Å². The predicted octanol–water partition coefficient (Wildman–Crippen LogP) is 6.24. The first-order chi connectivity index (χ1) is 18.9. The predicted molar refractivity (Wildman–Crippen MR) is 153 cm³/mol. The smallest absolute Gasteiger partial charge is 0.322 e. The molecule has 0 spiro atoms. The zero-order valence-electron chi connectivity index (χ0n) is 22.4. The molecular formula is C32H32N4O3. The fraction of sp³-hybridized carbons (Fsp3) is 0.250. The Morgan fingerprint density at radius 3 is 2.38 bits per heavy atom. The highest BCUT2D eigenvalue weighted by molar-refractivity contribution is 6.01. The monoisotopic (exact) mass is 520 g/mol. The summed E-state index contributed by atoms with van der Waals surface area (Å²) in [6.45, 7) is 4.00. The Morgan fingerprint density at radius 1 is 0.949 bits per heavy atom. The molecule has 4 aromatic rings. The number of ether oxygens (including phenoxy) is 1. The first-order valence-corrected chi connectivity index (χ1v) is 13.3. The van der Waals surface area contributed by atoms with E-state index in [0.29, 0.717) is 0 Å². The van der Waals surface area contributed by atoms with E-state index >= 15 is 0 Å². The first-order valence-electron chi connectivity index (χ1n) is 13.3. The van der Waals surface area contributed by atoms with Crippen LogP contribution >= 0.6 is 0 Å². The van der Waals surface area contributed by atoms with Crippen LogP contribution in [0.4, 0.5) is 16.2 Å². The van der Waals surface area contributed by atoms with Crippen molar-refractivity contribution in [1.29, 1.82) is 0 Å². The molecule has 2 aliphatic rings. The summed E-state index contributed by atoms with van der Waals surface area (Å²) in [6, 6.07) is 25.2. The van der Waals surface area contributed by atoms with Gasteiger partial charge in [0.1, 0.15) is 18.3 Å². The van der Waals surface area contributed by atoms with Gasteiger partial charge in [-0.05, 0) is 80.3 Å². The minimum atomic E-state index is -0.350. The minimum absolute atomic E-state index is 0.0108. The molecule has 1 unspecified atom stereocenters. The van der Waals surface area contributed by atoms with E-state index in [2.05, 4.69) is 16.0 Å². The van der Waals surface area contributed by atoms with Crippen molar-refractivity contribution in [1.82, 2.24) is 9.47 Å². The van der Waals surface area contributed by atoms with E-state index in [1.807, 2.05) is 97.7 Å². The number of carbonyl (C=O) groups excluding carboxylic acids is 2. The molecule has 0 saturated heterocycles. The van der Waals surface area contributed by atoms with Crippen LogP contribution in [0, 0.1) is 13.8 Å². The number of rotatable bonds is 6. The normalized spacial score (nSPS) is 15.8. The Labute approximate surface area is 228 Å². The van der Waals surface area contributed by atoms with Crippen LogP contribution in [0.5, 0.6) is 5.75 Å². The second-order valence-electron chi connectivity index (χ2n) is 10.3. The van der Waals surface area contributed by atoms with Crippen LogP contribution in [-0.2, 0) is 4.79 Å². The Kier molecular flexibility index (Phi) is 6.35. The van der Waals surface area contributed by atoms with Gasteiger partial charge in [-0.15, -0.1) is 0 Å². The van der Waals surface area contributed by atoms with Crippen molar-refractivity contribution in [3.05, 3.63) is 107 Å². The van der Waals surface area contributed by atoms with E-state index < -0.39 is 0 Å². The summed E-state index contributed by atoms with van der Waals surface area (Å²) < 4.78 is 7.52. The van der Waals surface area contributed by atoms with Crippen LogP contribution in [0.25, 0.3) is 5.69 Å². The molecule has 7 nitrogen and oxygen atoms in total. The molecule has 3 aromatic carbocycles. The molecule has 198 valence electrons. The summed E-state index contributed by atoms with van der Waals surface area (Å²) in [5, 5.41) is 3.05. The van der Waals surface area contributed by atoms with Gasteiger partial charge in [0.05, 0.1) is 24.2 Å². The van der Waals surface area contributed by atoms with Crippen molar-refractivity contribution < 1.29 is 14.3 Å². The molecule has 1 fully saturated rings. The van der Waals surface area contributed by atoms with Gasteiger partial charge in [0, 0.05) is 17.9 Å². The first kappa shape index (κ1) is 24.8. The third-order valence-electron chi connectivity index (χ3n) is 7.60. The molecule has 3 amide bonds. The lowest BCUT2D eigenvalue weighted by Gasteiger charge is -2.39. The number of urea groups is 1. The van der Waals surface area contributed by atoms with Crippen LogP contribution in [-0.4, -0.2) is 41.1 Å². The van der Waals surface area contributed by atoms with Crippen LogP contribution in [0.2, 0.25) is 0 Å². The van der Waals surface area contributed by atoms with E-state index in [0.717, 1.165) is 58.0 Å². The number of aromatic nitrogens is 1.